The summed E-state index contributed by atoms with van der Waals surface area (Å²) in [6, 6.07) is 22.3. The number of fused-ring (bicyclic) bond motifs is 3. The Bertz CT molecular complexity index is 2720. The molecule has 0 unspecified atom stereocenters. The molecule has 74 heavy (non-hydrogen) atoms. The average molecular weight is 1050 g/mol. The van der Waals surface area contributed by atoms with E-state index in [0.29, 0.717) is 74.1 Å². The summed E-state index contributed by atoms with van der Waals surface area (Å²) < 4.78 is 43.2. The molecule has 14 nitrogen and oxygen atoms in total. The van der Waals surface area contributed by atoms with Crippen LogP contribution in [0.15, 0.2) is 97.1 Å². The number of nitrogens with zero attached hydrogens (tertiary/aromatic N) is 2. The Hall–Kier alpha value is -6.08. The van der Waals surface area contributed by atoms with Crippen molar-refractivity contribution >= 4 is 45.9 Å². The van der Waals surface area contributed by atoms with Gasteiger partial charge in [-0.2, -0.15) is 0 Å². The topological polar surface area (TPSA) is 160 Å². The standard InChI is InChI=1S/C58H78N4O10Si2/c1-37-26-39(34-71-73(11,12)57(3,4)5)61(32-37)54(63)45-28-50(66-9)52(30-48(45)59)68-24-19-25-69-53-31-49(60-56(65)70-36-47-43-22-17-15-20-41(43)42-21-16-18-23-44(42)47)46(29-51(53)67-10)55(64)62-33-38(2)27-40(62)35-72-74(13,14)58(6,7)8/h15-18,20-23,28-31,39-40,47H,1-2,19,24-27,32-36,59H2,3-14H3,(H,60,65)/t39-,40-/m0/s1. The highest BCUT2D eigenvalue weighted by Crippen LogP contribution is 2.45. The van der Waals surface area contributed by atoms with Crippen LogP contribution in [0.3, 0.4) is 0 Å². The van der Waals surface area contributed by atoms with Crippen LogP contribution in [0.2, 0.25) is 36.3 Å². The summed E-state index contributed by atoms with van der Waals surface area (Å²) in [4.78, 5) is 46.3. The molecule has 0 bridgehead atoms. The summed E-state index contributed by atoms with van der Waals surface area (Å²) >= 11 is 0. The number of likely N-dealkylation sites (tertiary alicyclic amines) is 2. The number of nitrogen functional groups attached to an aromatic ring is 1. The maximum Gasteiger partial charge on any atom is 0.411 e. The fourth-order valence-corrected chi connectivity index (χ4v) is 11.3. The van der Waals surface area contributed by atoms with Crippen molar-refractivity contribution in [3.8, 4) is 34.1 Å². The van der Waals surface area contributed by atoms with Crippen molar-refractivity contribution in [2.75, 3.05) is 71.4 Å². The van der Waals surface area contributed by atoms with E-state index in [-0.39, 0.29) is 76.7 Å². The predicted octanol–water partition coefficient (Wildman–Crippen LogP) is 12.1. The van der Waals surface area contributed by atoms with Crippen molar-refractivity contribution in [1.82, 2.24) is 9.80 Å². The fraction of sp³-hybridized carbons (Fsp3) is 0.466. The van der Waals surface area contributed by atoms with E-state index in [1.807, 2.05) is 24.3 Å². The zero-order chi connectivity index (χ0) is 53.9. The van der Waals surface area contributed by atoms with Crippen molar-refractivity contribution in [2.45, 2.75) is 115 Å². The number of hydrogen-bond acceptors (Lipinski definition) is 11. The minimum Gasteiger partial charge on any atom is -0.493 e. The highest BCUT2D eigenvalue weighted by atomic mass is 28.4. The van der Waals surface area contributed by atoms with Gasteiger partial charge >= 0.3 is 6.09 Å². The van der Waals surface area contributed by atoms with Crippen molar-refractivity contribution < 1.29 is 46.9 Å². The van der Waals surface area contributed by atoms with Gasteiger partial charge in [-0.1, -0.05) is 114 Å². The zero-order valence-electron chi connectivity index (χ0n) is 45.7. The van der Waals surface area contributed by atoms with Gasteiger partial charge in [0.1, 0.15) is 6.61 Å². The summed E-state index contributed by atoms with van der Waals surface area (Å²) in [5.74, 6) is 0.616. The van der Waals surface area contributed by atoms with E-state index in [1.54, 1.807) is 34.1 Å². The second-order valence-corrected chi connectivity index (χ2v) is 32.5. The number of hydrogen-bond donors (Lipinski definition) is 2. The Morgan fingerprint density at radius 3 is 1.57 bits per heavy atom. The van der Waals surface area contributed by atoms with E-state index in [4.69, 9.17) is 38.3 Å². The summed E-state index contributed by atoms with van der Waals surface area (Å²) in [6.45, 7) is 32.4. The lowest BCUT2D eigenvalue weighted by molar-refractivity contribution is 0.0680. The average Bonchev–Trinajstić information content (AvgIpc) is 4.02. The van der Waals surface area contributed by atoms with Gasteiger partial charge in [0.15, 0.2) is 39.6 Å². The Morgan fingerprint density at radius 1 is 0.649 bits per heavy atom. The molecule has 3 aliphatic rings. The predicted molar refractivity (Wildman–Crippen MR) is 298 cm³/mol. The lowest BCUT2D eigenvalue weighted by atomic mass is 9.98. The lowest BCUT2D eigenvalue weighted by Crippen LogP contribution is -2.46. The minimum absolute atomic E-state index is 0.0171. The van der Waals surface area contributed by atoms with Gasteiger partial charge in [-0.15, -0.1) is 0 Å². The van der Waals surface area contributed by atoms with Gasteiger partial charge in [0, 0.05) is 43.2 Å². The van der Waals surface area contributed by atoms with Crippen LogP contribution in [0.4, 0.5) is 16.2 Å². The van der Waals surface area contributed by atoms with E-state index >= 15 is 0 Å². The van der Waals surface area contributed by atoms with E-state index < -0.39 is 22.7 Å². The molecule has 398 valence electrons. The van der Waals surface area contributed by atoms with Crippen LogP contribution < -0.4 is 30.0 Å². The Balaban J connectivity index is 1.06. The number of nitrogens with one attached hydrogen (secondary N) is 1. The molecule has 0 saturated carbocycles. The van der Waals surface area contributed by atoms with Gasteiger partial charge in [-0.25, -0.2) is 4.79 Å². The Labute approximate surface area is 440 Å². The molecule has 2 aliphatic heterocycles. The van der Waals surface area contributed by atoms with E-state index in [1.165, 1.54) is 14.2 Å². The minimum atomic E-state index is -2.15. The molecule has 3 N–H and O–H groups in total. The molecule has 2 heterocycles. The summed E-state index contributed by atoms with van der Waals surface area (Å²) in [5.41, 5.74) is 13.8. The summed E-state index contributed by atoms with van der Waals surface area (Å²) in [5, 5.41) is 2.91. The number of benzene rings is 4. The van der Waals surface area contributed by atoms with E-state index in [2.05, 4.69) is 110 Å². The molecule has 1 aliphatic carbocycles. The SMILES string of the molecule is C=C1C[C@@H](CO[Si](C)(C)C(C)(C)C)N(C(=O)c2cc(OC)c(OCCCOc3cc(NC(=O)OCC4c5ccccc5-c5ccccc54)c(C(=O)N4CC(=C)C[C@H]4CO[Si](C)(C)C(C)(C)C)cc3OC)cc2N)C1. The van der Waals surface area contributed by atoms with Crippen molar-refractivity contribution in [1.29, 1.82) is 0 Å². The van der Waals surface area contributed by atoms with Crippen molar-refractivity contribution in [3.05, 3.63) is 119 Å². The van der Waals surface area contributed by atoms with Gasteiger partial charge in [-0.3, -0.25) is 14.9 Å². The highest BCUT2D eigenvalue weighted by Gasteiger charge is 2.42. The largest absolute Gasteiger partial charge is 0.493 e. The van der Waals surface area contributed by atoms with Crippen LogP contribution in [0.1, 0.15) is 98.6 Å². The van der Waals surface area contributed by atoms with Crippen molar-refractivity contribution in [3.63, 3.8) is 0 Å². The number of rotatable bonds is 19. The third-order valence-electron chi connectivity index (χ3n) is 15.6. The smallest absolute Gasteiger partial charge is 0.411 e. The number of nitrogens with two attached hydrogens (primary N) is 1. The molecule has 0 aromatic heterocycles. The molecule has 16 heteroatoms. The van der Waals surface area contributed by atoms with Gasteiger partial charge in [0.2, 0.25) is 0 Å². The first kappa shape index (κ1) is 55.7. The molecule has 4 aromatic rings. The van der Waals surface area contributed by atoms with E-state index in [9.17, 15) is 14.4 Å². The molecule has 4 aromatic carbocycles. The van der Waals surface area contributed by atoms with Crippen molar-refractivity contribution in [2.24, 2.45) is 0 Å². The monoisotopic (exact) mass is 1050 g/mol. The maximum absolute atomic E-state index is 14.8. The number of anilines is 2. The third-order valence-corrected chi connectivity index (χ3v) is 24.6. The zero-order valence-corrected chi connectivity index (χ0v) is 47.7. The highest BCUT2D eigenvalue weighted by molar-refractivity contribution is 6.74. The first-order valence-electron chi connectivity index (χ1n) is 25.6. The molecule has 7 rings (SSSR count). The summed E-state index contributed by atoms with van der Waals surface area (Å²) in [6.07, 6.45) is 0.936. The van der Waals surface area contributed by atoms with Crippen LogP contribution in [0, 0.1) is 0 Å². The van der Waals surface area contributed by atoms with Crippen LogP contribution >= 0.6 is 0 Å². The summed E-state index contributed by atoms with van der Waals surface area (Å²) in [7, 11) is -1.19. The van der Waals surface area contributed by atoms with Gasteiger partial charge < -0.3 is 48.1 Å². The number of carbonyl (C=O) groups is 3. The maximum atomic E-state index is 14.8. The number of ether oxygens (including phenoxy) is 5. The molecule has 3 amide bonds. The van der Waals surface area contributed by atoms with Crippen LogP contribution in [-0.4, -0.2) is 117 Å². The van der Waals surface area contributed by atoms with Gasteiger partial charge in [0.25, 0.3) is 11.8 Å². The number of amides is 3. The third kappa shape index (κ3) is 12.2. The molecule has 2 fully saturated rings. The quantitative estimate of drug-likeness (QED) is 0.0398. The number of carbonyl (C=O) groups excluding carboxylic acids is 3. The molecular weight excluding hydrogens is 969 g/mol. The van der Waals surface area contributed by atoms with Gasteiger partial charge in [0.05, 0.1) is 69.5 Å². The second-order valence-electron chi connectivity index (χ2n) is 22.9. The molecule has 0 spiro atoms. The van der Waals surface area contributed by atoms with E-state index in [0.717, 1.165) is 33.4 Å². The fourth-order valence-electron chi connectivity index (χ4n) is 9.19. The molecule has 2 atom stereocenters. The van der Waals surface area contributed by atoms with Crippen LogP contribution in [-0.2, 0) is 13.6 Å². The Kier molecular flexibility index (Phi) is 16.9. The first-order chi connectivity index (χ1) is 34.8. The normalized spacial score (nSPS) is 17.0. The molecule has 0 radical (unpaired) electrons. The molecule has 2 saturated heterocycles. The second kappa shape index (κ2) is 22.4. The Morgan fingerprint density at radius 2 is 1.09 bits per heavy atom. The van der Waals surface area contributed by atoms with Gasteiger partial charge in [-0.05, 0) is 83.5 Å². The van der Waals surface area contributed by atoms with Crippen LogP contribution in [0.25, 0.3) is 11.1 Å². The van der Waals surface area contributed by atoms with Crippen LogP contribution in [0.5, 0.6) is 23.0 Å². The lowest BCUT2D eigenvalue weighted by Gasteiger charge is -2.38. The number of methoxy groups -OCH3 is 2. The molecular formula is C58H78N4O10Si2. The first-order valence-corrected chi connectivity index (χ1v) is 31.5.